The third-order valence-electron chi connectivity index (χ3n) is 5.97. The molecule has 2 aromatic rings. The first-order chi connectivity index (χ1) is 16.6. The van der Waals surface area contributed by atoms with Gasteiger partial charge in [0.1, 0.15) is 6.61 Å². The molecular formula is C25H36N6O3. The molecule has 1 aromatic heterocycles. The van der Waals surface area contributed by atoms with Gasteiger partial charge in [-0.15, -0.1) is 0 Å². The minimum absolute atomic E-state index is 0.581. The van der Waals surface area contributed by atoms with E-state index >= 15 is 0 Å². The Hall–Kier alpha value is -2.88. The topological polar surface area (TPSA) is 74.7 Å². The van der Waals surface area contributed by atoms with Crippen LogP contribution >= 0.6 is 0 Å². The van der Waals surface area contributed by atoms with Crippen molar-refractivity contribution in [3.05, 3.63) is 41.5 Å². The summed E-state index contributed by atoms with van der Waals surface area (Å²) in [5, 5.41) is 4.49. The third kappa shape index (κ3) is 6.82. The van der Waals surface area contributed by atoms with Crippen molar-refractivity contribution in [3.63, 3.8) is 0 Å². The zero-order valence-electron chi connectivity index (χ0n) is 20.5. The van der Waals surface area contributed by atoms with Gasteiger partial charge in [-0.3, -0.25) is 10.3 Å². The predicted molar refractivity (Wildman–Crippen MR) is 137 cm³/mol. The molecule has 2 aliphatic heterocycles. The summed E-state index contributed by atoms with van der Waals surface area (Å²) in [6.07, 6.45) is 1.84. The van der Waals surface area contributed by atoms with Crippen molar-refractivity contribution in [2.45, 2.75) is 6.92 Å². The fourth-order valence-corrected chi connectivity index (χ4v) is 4.08. The molecule has 1 aromatic carbocycles. The lowest BCUT2D eigenvalue weighted by molar-refractivity contribution is 0.0320. The van der Waals surface area contributed by atoms with Crippen LogP contribution in [0.3, 0.4) is 0 Å². The van der Waals surface area contributed by atoms with E-state index in [1.165, 1.54) is 5.56 Å². The molecule has 3 heterocycles. The number of pyridine rings is 1. The first-order valence-electron chi connectivity index (χ1n) is 11.9. The molecule has 2 aliphatic rings. The first kappa shape index (κ1) is 24.3. The Morgan fingerprint density at radius 3 is 2.53 bits per heavy atom. The fraction of sp³-hybridized carbons (Fsp3) is 0.520. The van der Waals surface area contributed by atoms with Crippen molar-refractivity contribution in [1.82, 2.24) is 9.88 Å². The van der Waals surface area contributed by atoms with E-state index in [0.717, 1.165) is 76.1 Å². The molecule has 0 unspecified atom stereocenters. The molecule has 1 N–H and O–H groups in total. The summed E-state index contributed by atoms with van der Waals surface area (Å²) in [6.45, 7) is 10.1. The van der Waals surface area contributed by atoms with Gasteiger partial charge >= 0.3 is 0 Å². The Balaban J connectivity index is 1.47. The highest BCUT2D eigenvalue weighted by molar-refractivity contribution is 5.88. The Labute approximate surface area is 202 Å². The molecule has 2 fully saturated rings. The smallest absolute Gasteiger partial charge is 0.217 e. The number of hydrazone groups is 1. The maximum absolute atomic E-state index is 6.06. The molecule has 9 heteroatoms. The van der Waals surface area contributed by atoms with Gasteiger partial charge in [0.2, 0.25) is 5.88 Å². The average molecular weight is 469 g/mol. The summed E-state index contributed by atoms with van der Waals surface area (Å²) >= 11 is 0. The summed E-state index contributed by atoms with van der Waals surface area (Å²) in [4.78, 5) is 11.4. The van der Waals surface area contributed by atoms with Gasteiger partial charge in [0, 0.05) is 75.9 Å². The Bertz CT molecular complexity index is 956. The lowest BCUT2D eigenvalue weighted by Crippen LogP contribution is -2.38. The number of hydrogen-bond acceptors (Lipinski definition) is 9. The minimum atomic E-state index is 0.581. The van der Waals surface area contributed by atoms with E-state index in [1.54, 1.807) is 0 Å². The number of aromatic nitrogens is 1. The second-order valence-corrected chi connectivity index (χ2v) is 8.78. The average Bonchev–Trinajstić information content (AvgIpc) is 2.85. The van der Waals surface area contributed by atoms with Crippen LogP contribution in [0, 0.1) is 6.92 Å². The van der Waals surface area contributed by atoms with E-state index in [9.17, 15) is 0 Å². The van der Waals surface area contributed by atoms with Gasteiger partial charge < -0.3 is 24.0 Å². The number of benzene rings is 1. The van der Waals surface area contributed by atoms with Crippen molar-refractivity contribution < 1.29 is 14.2 Å². The minimum Gasteiger partial charge on any atom is -0.476 e. The highest BCUT2D eigenvalue weighted by Crippen LogP contribution is 2.25. The predicted octanol–water partition coefficient (Wildman–Crippen LogP) is 2.45. The number of morpholine rings is 2. The Morgan fingerprint density at radius 2 is 1.79 bits per heavy atom. The van der Waals surface area contributed by atoms with Gasteiger partial charge in [-0.1, -0.05) is 11.6 Å². The van der Waals surface area contributed by atoms with Gasteiger partial charge in [-0.05, 0) is 19.1 Å². The molecule has 0 saturated carbocycles. The lowest BCUT2D eigenvalue weighted by atomic mass is 10.1. The zero-order valence-corrected chi connectivity index (χ0v) is 20.5. The number of nitrogens with one attached hydrogen (secondary N) is 1. The Kier molecular flexibility index (Phi) is 8.56. The lowest BCUT2D eigenvalue weighted by Gasteiger charge is -2.29. The van der Waals surface area contributed by atoms with Crippen molar-refractivity contribution in [2.75, 3.05) is 95.1 Å². The molecule has 0 atom stereocenters. The van der Waals surface area contributed by atoms with Gasteiger partial charge in [0.05, 0.1) is 32.6 Å². The second kappa shape index (κ2) is 12.0. The quantitative estimate of drug-likeness (QED) is 0.444. The highest BCUT2D eigenvalue weighted by atomic mass is 16.5. The molecule has 184 valence electrons. The normalized spacial score (nSPS) is 17.2. The van der Waals surface area contributed by atoms with E-state index in [0.29, 0.717) is 18.3 Å². The molecule has 0 radical (unpaired) electrons. The molecule has 0 amide bonds. The third-order valence-corrected chi connectivity index (χ3v) is 5.97. The first-order valence-corrected chi connectivity index (χ1v) is 11.9. The zero-order chi connectivity index (χ0) is 23.8. The summed E-state index contributed by atoms with van der Waals surface area (Å²) in [5.74, 6) is 1.25. The molecule has 2 saturated heterocycles. The molecule has 0 aliphatic carbocycles. The largest absolute Gasteiger partial charge is 0.476 e. The van der Waals surface area contributed by atoms with Gasteiger partial charge in [-0.2, -0.15) is 10.1 Å². The van der Waals surface area contributed by atoms with E-state index < -0.39 is 0 Å². The number of rotatable bonds is 9. The highest BCUT2D eigenvalue weighted by Gasteiger charge is 2.15. The second-order valence-electron chi connectivity index (χ2n) is 8.78. The molecule has 9 nitrogen and oxygen atoms in total. The van der Waals surface area contributed by atoms with E-state index in [4.69, 9.17) is 14.2 Å². The van der Waals surface area contributed by atoms with Gasteiger partial charge in [0.25, 0.3) is 0 Å². The van der Waals surface area contributed by atoms with Crippen LogP contribution in [0.2, 0.25) is 0 Å². The molecular weight excluding hydrogens is 432 g/mol. The SMILES string of the molecule is Cc1ccc(N(C)C)c(/C=N/Nc2cc(N3CCOCC3)cc(OCCN3CCOCC3)n2)c1. The van der Waals surface area contributed by atoms with Gasteiger partial charge in [-0.25, -0.2) is 0 Å². The van der Waals surface area contributed by atoms with Gasteiger partial charge in [0.15, 0.2) is 5.82 Å². The van der Waals surface area contributed by atoms with Crippen molar-refractivity contribution in [3.8, 4) is 5.88 Å². The maximum Gasteiger partial charge on any atom is 0.217 e. The van der Waals surface area contributed by atoms with E-state index in [2.05, 4.69) is 55.3 Å². The monoisotopic (exact) mass is 468 g/mol. The standard InChI is InChI=1S/C25H36N6O3/c1-20-4-5-23(29(2)3)21(16-20)19-26-28-24-17-22(31-9-13-33-14-10-31)18-25(27-24)34-15-8-30-6-11-32-12-7-30/h4-5,16-19H,6-15H2,1-3H3,(H,27,28)/b26-19+. The van der Waals surface area contributed by atoms with Crippen LogP contribution in [0.5, 0.6) is 5.88 Å². The molecule has 4 rings (SSSR count). The summed E-state index contributed by atoms with van der Waals surface area (Å²) in [7, 11) is 4.06. The van der Waals surface area contributed by atoms with Crippen LogP contribution < -0.4 is 20.0 Å². The Morgan fingerprint density at radius 1 is 1.06 bits per heavy atom. The van der Waals surface area contributed by atoms with E-state index in [-0.39, 0.29) is 0 Å². The van der Waals surface area contributed by atoms with Crippen LogP contribution in [0.25, 0.3) is 0 Å². The van der Waals surface area contributed by atoms with E-state index in [1.807, 2.05) is 32.4 Å². The van der Waals surface area contributed by atoms with Crippen molar-refractivity contribution in [1.29, 1.82) is 0 Å². The van der Waals surface area contributed by atoms with Crippen LogP contribution in [0.1, 0.15) is 11.1 Å². The van der Waals surface area contributed by atoms with Crippen LogP contribution in [0.15, 0.2) is 35.4 Å². The number of nitrogens with zero attached hydrogens (tertiary/aromatic N) is 5. The number of anilines is 3. The number of aryl methyl sites for hydroxylation is 1. The van der Waals surface area contributed by atoms with Crippen LogP contribution in [0.4, 0.5) is 17.2 Å². The maximum atomic E-state index is 6.06. The number of ether oxygens (including phenoxy) is 3. The van der Waals surface area contributed by atoms with Crippen LogP contribution in [-0.4, -0.2) is 96.0 Å². The van der Waals surface area contributed by atoms with Crippen molar-refractivity contribution >= 4 is 23.4 Å². The summed E-state index contributed by atoms with van der Waals surface area (Å²) in [6, 6.07) is 10.4. The molecule has 0 spiro atoms. The summed E-state index contributed by atoms with van der Waals surface area (Å²) in [5.41, 5.74) is 7.52. The number of hydrogen-bond donors (Lipinski definition) is 1. The molecule has 34 heavy (non-hydrogen) atoms. The fourth-order valence-electron chi connectivity index (χ4n) is 4.08. The molecule has 0 bridgehead atoms. The summed E-state index contributed by atoms with van der Waals surface area (Å²) < 4.78 is 17.0. The van der Waals surface area contributed by atoms with Crippen LogP contribution in [-0.2, 0) is 9.47 Å². The van der Waals surface area contributed by atoms with Crippen molar-refractivity contribution in [2.24, 2.45) is 5.10 Å².